The monoisotopic (exact) mass is 374 g/mol. The van der Waals surface area contributed by atoms with Crippen LogP contribution in [0.15, 0.2) is 49.2 Å². The summed E-state index contributed by atoms with van der Waals surface area (Å²) in [7, 11) is 0. The smallest absolute Gasteiger partial charge is 0.141 e. The standard InChI is InChI=1S/C20H22N8/c1-2-28-17(22-13-25-28)11-27-9-8-16-19(23-12-21-16)20(27)15-10-24-26-18(15)14-6-4-3-5-7-14/h3-7,10,12-13,20H,2,8-9,11H2,1H3,(H,21,23)(H,24,26). The maximum atomic E-state index is 4.67. The van der Waals surface area contributed by atoms with Gasteiger partial charge in [-0.3, -0.25) is 10.00 Å². The van der Waals surface area contributed by atoms with Gasteiger partial charge in [0.25, 0.3) is 0 Å². The average Bonchev–Trinajstić information content (AvgIpc) is 3.49. The molecule has 2 N–H and O–H groups in total. The van der Waals surface area contributed by atoms with E-state index >= 15 is 0 Å². The Labute approximate surface area is 162 Å². The summed E-state index contributed by atoms with van der Waals surface area (Å²) < 4.78 is 1.95. The molecule has 0 saturated carbocycles. The second-order valence-corrected chi connectivity index (χ2v) is 6.95. The summed E-state index contributed by atoms with van der Waals surface area (Å²) in [4.78, 5) is 14.9. The maximum Gasteiger partial charge on any atom is 0.141 e. The SMILES string of the molecule is CCn1ncnc1CN1CCc2[nH]cnc2C1c1cn[nH]c1-c1ccccc1. The number of aromatic nitrogens is 7. The van der Waals surface area contributed by atoms with Crippen LogP contribution in [0.4, 0.5) is 0 Å². The molecule has 1 aliphatic heterocycles. The Kier molecular flexibility index (Phi) is 4.25. The molecule has 1 aromatic carbocycles. The highest BCUT2D eigenvalue weighted by Gasteiger charge is 2.34. The number of fused-ring (bicyclic) bond motifs is 1. The third-order valence-electron chi connectivity index (χ3n) is 5.39. The van der Waals surface area contributed by atoms with Crippen molar-refractivity contribution in [2.24, 2.45) is 0 Å². The molecule has 8 nitrogen and oxygen atoms in total. The molecule has 0 fully saturated rings. The van der Waals surface area contributed by atoms with Crippen LogP contribution >= 0.6 is 0 Å². The fraction of sp³-hybridized carbons (Fsp3) is 0.300. The second kappa shape index (κ2) is 7.05. The van der Waals surface area contributed by atoms with E-state index in [1.54, 1.807) is 12.7 Å². The van der Waals surface area contributed by atoms with Gasteiger partial charge in [0, 0.05) is 30.8 Å². The number of rotatable bonds is 5. The maximum absolute atomic E-state index is 4.67. The summed E-state index contributed by atoms with van der Waals surface area (Å²) in [5, 5.41) is 11.9. The van der Waals surface area contributed by atoms with Crippen molar-refractivity contribution in [1.29, 1.82) is 0 Å². The number of H-pyrrole nitrogens is 2. The zero-order chi connectivity index (χ0) is 18.9. The molecule has 0 amide bonds. The molecule has 1 aliphatic rings. The Bertz CT molecular complexity index is 1060. The first-order valence-electron chi connectivity index (χ1n) is 9.56. The molecule has 142 valence electrons. The van der Waals surface area contributed by atoms with Crippen molar-refractivity contribution in [2.45, 2.75) is 32.5 Å². The number of benzene rings is 1. The predicted octanol–water partition coefficient (Wildman–Crippen LogP) is 2.56. The molecular weight excluding hydrogens is 352 g/mol. The van der Waals surface area contributed by atoms with E-state index in [1.807, 2.05) is 29.1 Å². The van der Waals surface area contributed by atoms with Crippen LogP contribution in [-0.2, 0) is 19.5 Å². The van der Waals surface area contributed by atoms with E-state index in [-0.39, 0.29) is 6.04 Å². The lowest BCUT2D eigenvalue weighted by atomic mass is 9.94. The molecule has 0 aliphatic carbocycles. The normalized spacial score (nSPS) is 17.0. The van der Waals surface area contributed by atoms with Crippen LogP contribution in [0.1, 0.15) is 35.7 Å². The summed E-state index contributed by atoms with van der Waals surface area (Å²) in [6, 6.07) is 10.3. The molecule has 3 aromatic heterocycles. The van der Waals surface area contributed by atoms with Gasteiger partial charge in [-0.2, -0.15) is 10.2 Å². The topological polar surface area (TPSA) is 91.3 Å². The summed E-state index contributed by atoms with van der Waals surface area (Å²) in [6.45, 7) is 4.52. The first-order valence-corrected chi connectivity index (χ1v) is 9.56. The molecular formula is C20H22N8. The van der Waals surface area contributed by atoms with Crippen molar-refractivity contribution in [2.75, 3.05) is 6.54 Å². The van der Waals surface area contributed by atoms with Crippen molar-refractivity contribution >= 4 is 0 Å². The van der Waals surface area contributed by atoms with E-state index in [1.165, 1.54) is 5.69 Å². The molecule has 4 heterocycles. The minimum absolute atomic E-state index is 0.00552. The van der Waals surface area contributed by atoms with E-state index in [9.17, 15) is 0 Å². The first-order chi connectivity index (χ1) is 13.8. The molecule has 28 heavy (non-hydrogen) atoms. The van der Waals surface area contributed by atoms with Gasteiger partial charge in [0.15, 0.2) is 0 Å². The minimum Gasteiger partial charge on any atom is -0.348 e. The number of nitrogens with zero attached hydrogens (tertiary/aromatic N) is 6. The van der Waals surface area contributed by atoms with Crippen LogP contribution in [0.25, 0.3) is 11.3 Å². The van der Waals surface area contributed by atoms with Crippen molar-refractivity contribution in [3.63, 3.8) is 0 Å². The van der Waals surface area contributed by atoms with Crippen molar-refractivity contribution in [3.8, 4) is 11.3 Å². The van der Waals surface area contributed by atoms with Gasteiger partial charge in [-0.1, -0.05) is 30.3 Å². The van der Waals surface area contributed by atoms with Crippen LogP contribution in [-0.4, -0.2) is 46.4 Å². The van der Waals surface area contributed by atoms with Gasteiger partial charge in [-0.25, -0.2) is 14.6 Å². The van der Waals surface area contributed by atoms with Gasteiger partial charge in [-0.05, 0) is 12.5 Å². The number of aromatic amines is 2. The lowest BCUT2D eigenvalue weighted by Gasteiger charge is -2.34. The summed E-state index contributed by atoms with van der Waals surface area (Å²) in [6.07, 6.45) is 6.28. The lowest BCUT2D eigenvalue weighted by molar-refractivity contribution is 0.192. The summed E-state index contributed by atoms with van der Waals surface area (Å²) in [5.41, 5.74) is 5.53. The van der Waals surface area contributed by atoms with Crippen LogP contribution in [0.2, 0.25) is 0 Å². The van der Waals surface area contributed by atoms with Gasteiger partial charge >= 0.3 is 0 Å². The molecule has 0 spiro atoms. The van der Waals surface area contributed by atoms with Crippen LogP contribution in [0.5, 0.6) is 0 Å². The molecule has 5 rings (SSSR count). The summed E-state index contributed by atoms with van der Waals surface area (Å²) >= 11 is 0. The van der Waals surface area contributed by atoms with Gasteiger partial charge in [0.05, 0.1) is 36.5 Å². The van der Waals surface area contributed by atoms with E-state index < -0.39 is 0 Å². The number of hydrogen-bond acceptors (Lipinski definition) is 5. The number of hydrogen-bond donors (Lipinski definition) is 2. The van der Waals surface area contributed by atoms with E-state index in [0.29, 0.717) is 6.54 Å². The molecule has 0 bridgehead atoms. The fourth-order valence-corrected chi connectivity index (χ4v) is 4.03. The van der Waals surface area contributed by atoms with Crippen LogP contribution in [0, 0.1) is 0 Å². The number of nitrogens with one attached hydrogen (secondary N) is 2. The first kappa shape index (κ1) is 16.9. The molecule has 1 unspecified atom stereocenters. The molecule has 0 radical (unpaired) electrons. The highest BCUT2D eigenvalue weighted by atomic mass is 15.4. The Morgan fingerprint density at radius 2 is 2.07 bits per heavy atom. The van der Waals surface area contributed by atoms with Gasteiger partial charge in [-0.15, -0.1) is 0 Å². The summed E-state index contributed by atoms with van der Waals surface area (Å²) in [5.74, 6) is 0.969. The predicted molar refractivity (Wildman–Crippen MR) is 104 cm³/mol. The van der Waals surface area contributed by atoms with Crippen LogP contribution in [0.3, 0.4) is 0 Å². The Hall–Kier alpha value is -3.26. The Morgan fingerprint density at radius 1 is 1.18 bits per heavy atom. The van der Waals surface area contributed by atoms with Crippen molar-refractivity contribution in [3.05, 3.63) is 72.0 Å². The lowest BCUT2D eigenvalue weighted by Crippen LogP contribution is -2.36. The van der Waals surface area contributed by atoms with Gasteiger partial charge < -0.3 is 4.98 Å². The minimum atomic E-state index is 0.00552. The average molecular weight is 374 g/mol. The quantitative estimate of drug-likeness (QED) is 0.560. The molecule has 8 heteroatoms. The Morgan fingerprint density at radius 3 is 2.93 bits per heavy atom. The largest absolute Gasteiger partial charge is 0.348 e. The molecule has 1 atom stereocenters. The third kappa shape index (κ3) is 2.82. The van der Waals surface area contributed by atoms with Crippen molar-refractivity contribution < 1.29 is 0 Å². The van der Waals surface area contributed by atoms with E-state index in [4.69, 9.17) is 0 Å². The zero-order valence-electron chi connectivity index (χ0n) is 15.7. The zero-order valence-corrected chi connectivity index (χ0v) is 15.7. The second-order valence-electron chi connectivity index (χ2n) is 6.95. The fourth-order valence-electron chi connectivity index (χ4n) is 4.03. The third-order valence-corrected chi connectivity index (χ3v) is 5.39. The Balaban J connectivity index is 1.58. The van der Waals surface area contributed by atoms with Crippen LogP contribution < -0.4 is 0 Å². The highest BCUT2D eigenvalue weighted by Crippen LogP contribution is 2.38. The van der Waals surface area contributed by atoms with Gasteiger partial charge in [0.1, 0.15) is 12.2 Å². The van der Waals surface area contributed by atoms with E-state index in [2.05, 4.69) is 54.2 Å². The molecule has 4 aromatic rings. The van der Waals surface area contributed by atoms with Gasteiger partial charge in [0.2, 0.25) is 0 Å². The number of imidazole rings is 1. The molecule has 0 saturated heterocycles. The van der Waals surface area contributed by atoms with E-state index in [0.717, 1.165) is 47.8 Å². The highest BCUT2D eigenvalue weighted by molar-refractivity contribution is 5.64. The number of aryl methyl sites for hydroxylation is 1. The van der Waals surface area contributed by atoms with Crippen molar-refractivity contribution in [1.82, 2.24) is 39.8 Å².